The summed E-state index contributed by atoms with van der Waals surface area (Å²) < 4.78 is 7.27. The van der Waals surface area contributed by atoms with Crippen LogP contribution in [0.4, 0.5) is 0 Å². The Kier molecular flexibility index (Phi) is 17.0. The number of benzene rings is 2. The van der Waals surface area contributed by atoms with Gasteiger partial charge in [-0.25, -0.2) is 0 Å². The lowest BCUT2D eigenvalue weighted by Gasteiger charge is -2.35. The number of quaternary nitrogens is 1. The van der Waals surface area contributed by atoms with Gasteiger partial charge in [-0.3, -0.25) is 0 Å². The van der Waals surface area contributed by atoms with Crippen molar-refractivity contribution in [3.63, 3.8) is 0 Å². The molecule has 0 saturated carbocycles. The fraction of sp³-hybridized carbons (Fsp3) is 0.667. The standard InChI is InChI=1S/C30H50NO.HI/c1-4-31(5-2,6-3)25-19-15-13-11-9-7-8-10-12-14-16-20-26-32-30-24-23-28-21-17-18-22-29(28)27-30;/h17-18,21-24,27H,4-16,19-20,25-26H2,1-3H3;1H/q+1;/p-1. The first-order valence-corrected chi connectivity index (χ1v) is 13.7. The molecule has 0 saturated heterocycles. The second kappa shape index (κ2) is 18.5. The van der Waals surface area contributed by atoms with E-state index in [4.69, 9.17) is 4.74 Å². The Morgan fingerprint density at radius 1 is 0.576 bits per heavy atom. The van der Waals surface area contributed by atoms with Gasteiger partial charge in [-0.15, -0.1) is 0 Å². The van der Waals surface area contributed by atoms with Crippen LogP contribution in [-0.2, 0) is 0 Å². The average Bonchev–Trinajstić information content (AvgIpc) is 2.84. The molecular weight excluding hydrogens is 517 g/mol. The van der Waals surface area contributed by atoms with Crippen molar-refractivity contribution in [2.75, 3.05) is 32.8 Å². The van der Waals surface area contributed by atoms with Gasteiger partial charge in [0.1, 0.15) is 5.75 Å². The van der Waals surface area contributed by atoms with E-state index in [1.807, 2.05) is 0 Å². The molecule has 2 rings (SSSR count). The Balaban J connectivity index is 0.00000544. The Morgan fingerprint density at radius 2 is 1.06 bits per heavy atom. The lowest BCUT2D eigenvalue weighted by molar-refractivity contribution is -0.923. The van der Waals surface area contributed by atoms with E-state index in [1.54, 1.807) is 0 Å². The van der Waals surface area contributed by atoms with Crippen molar-refractivity contribution >= 4 is 10.8 Å². The fourth-order valence-electron chi connectivity index (χ4n) is 4.91. The lowest BCUT2D eigenvalue weighted by atomic mass is 10.0. The summed E-state index contributed by atoms with van der Waals surface area (Å²) in [5, 5.41) is 2.54. The minimum Gasteiger partial charge on any atom is -1.00 e. The zero-order chi connectivity index (χ0) is 22.9. The van der Waals surface area contributed by atoms with E-state index in [1.165, 1.54) is 118 Å². The van der Waals surface area contributed by atoms with Crippen molar-refractivity contribution in [3.05, 3.63) is 42.5 Å². The third kappa shape index (κ3) is 11.9. The first kappa shape index (κ1) is 30.2. The van der Waals surface area contributed by atoms with E-state index in [2.05, 4.69) is 63.2 Å². The summed E-state index contributed by atoms with van der Waals surface area (Å²) in [6.45, 7) is 13.2. The summed E-state index contributed by atoms with van der Waals surface area (Å²) in [5.41, 5.74) is 0. The zero-order valence-corrected chi connectivity index (χ0v) is 24.0. The Hall–Kier alpha value is -0.810. The van der Waals surface area contributed by atoms with Crippen molar-refractivity contribution in [1.29, 1.82) is 0 Å². The highest BCUT2D eigenvalue weighted by molar-refractivity contribution is 5.83. The highest BCUT2D eigenvalue weighted by Gasteiger charge is 2.19. The highest BCUT2D eigenvalue weighted by Crippen LogP contribution is 2.21. The van der Waals surface area contributed by atoms with Crippen LogP contribution >= 0.6 is 0 Å². The predicted octanol–water partition coefficient (Wildman–Crippen LogP) is 5.78. The average molecular weight is 568 g/mol. The fourth-order valence-corrected chi connectivity index (χ4v) is 4.91. The third-order valence-electron chi connectivity index (χ3n) is 7.53. The van der Waals surface area contributed by atoms with Crippen molar-refractivity contribution < 1.29 is 33.2 Å². The van der Waals surface area contributed by atoms with Crippen LogP contribution in [0.5, 0.6) is 5.75 Å². The first-order valence-electron chi connectivity index (χ1n) is 13.7. The Morgan fingerprint density at radius 3 is 1.61 bits per heavy atom. The molecule has 0 atom stereocenters. The van der Waals surface area contributed by atoms with Gasteiger partial charge in [-0.1, -0.05) is 88.1 Å². The summed E-state index contributed by atoms with van der Waals surface area (Å²) in [4.78, 5) is 0. The molecule has 0 aliphatic rings. The second-order valence-corrected chi connectivity index (χ2v) is 9.61. The van der Waals surface area contributed by atoms with E-state index in [-0.39, 0.29) is 24.0 Å². The van der Waals surface area contributed by atoms with Gasteiger partial charge in [-0.05, 0) is 62.9 Å². The van der Waals surface area contributed by atoms with E-state index in [0.29, 0.717) is 0 Å². The molecule has 0 aromatic heterocycles. The summed E-state index contributed by atoms with van der Waals surface area (Å²) in [5.74, 6) is 1.00. The molecule has 0 aliphatic heterocycles. The molecule has 0 amide bonds. The number of ether oxygens (including phenoxy) is 1. The van der Waals surface area contributed by atoms with Crippen LogP contribution in [0.3, 0.4) is 0 Å². The maximum Gasteiger partial charge on any atom is 0.119 e. The van der Waals surface area contributed by atoms with E-state index < -0.39 is 0 Å². The quantitative estimate of drug-likeness (QED) is 0.119. The molecule has 33 heavy (non-hydrogen) atoms. The van der Waals surface area contributed by atoms with Gasteiger partial charge in [0.2, 0.25) is 0 Å². The monoisotopic (exact) mass is 567 g/mol. The number of nitrogens with zero attached hydrogens (tertiary/aromatic N) is 1. The van der Waals surface area contributed by atoms with E-state index in [9.17, 15) is 0 Å². The number of hydrogen-bond donors (Lipinski definition) is 0. The van der Waals surface area contributed by atoms with Crippen LogP contribution in [0.1, 0.15) is 97.8 Å². The second-order valence-electron chi connectivity index (χ2n) is 9.61. The zero-order valence-electron chi connectivity index (χ0n) is 21.8. The maximum absolute atomic E-state index is 5.95. The van der Waals surface area contributed by atoms with Crippen LogP contribution in [0.25, 0.3) is 10.8 Å². The minimum absolute atomic E-state index is 0. The van der Waals surface area contributed by atoms with Gasteiger partial charge < -0.3 is 33.2 Å². The molecule has 2 nitrogen and oxygen atoms in total. The van der Waals surface area contributed by atoms with Gasteiger partial charge in [0.25, 0.3) is 0 Å². The number of unbranched alkanes of at least 4 members (excludes halogenated alkanes) is 11. The van der Waals surface area contributed by atoms with Gasteiger partial charge in [0.15, 0.2) is 0 Å². The highest BCUT2D eigenvalue weighted by atomic mass is 127. The molecule has 0 aliphatic carbocycles. The van der Waals surface area contributed by atoms with Gasteiger partial charge in [0.05, 0.1) is 32.8 Å². The molecular formula is C30H50INO. The maximum atomic E-state index is 5.95. The van der Waals surface area contributed by atoms with Gasteiger partial charge in [-0.2, -0.15) is 0 Å². The minimum atomic E-state index is 0. The molecule has 2 aromatic rings. The van der Waals surface area contributed by atoms with Crippen molar-refractivity contribution in [3.8, 4) is 5.75 Å². The largest absolute Gasteiger partial charge is 1.00 e. The summed E-state index contributed by atoms with van der Waals surface area (Å²) in [6, 6.07) is 14.9. The lowest BCUT2D eigenvalue weighted by Crippen LogP contribution is -3.00. The number of rotatable bonds is 19. The number of halogens is 1. The van der Waals surface area contributed by atoms with Crippen molar-refractivity contribution in [1.82, 2.24) is 0 Å². The van der Waals surface area contributed by atoms with Crippen LogP contribution in [0.2, 0.25) is 0 Å². The van der Waals surface area contributed by atoms with E-state index in [0.717, 1.165) is 12.4 Å². The van der Waals surface area contributed by atoms with E-state index >= 15 is 0 Å². The normalized spacial score (nSPS) is 11.5. The molecule has 0 heterocycles. The number of fused-ring (bicyclic) bond motifs is 1. The summed E-state index contributed by atoms with van der Waals surface area (Å²) in [6.07, 6.45) is 16.6. The topological polar surface area (TPSA) is 9.23 Å². The van der Waals surface area contributed by atoms with Gasteiger partial charge in [0, 0.05) is 0 Å². The SMILES string of the molecule is CC[N+](CC)(CC)CCCCCCCCCCCCCCOc1ccc2ccccc2c1.[I-]. The van der Waals surface area contributed by atoms with Crippen LogP contribution in [0.15, 0.2) is 42.5 Å². The smallest absolute Gasteiger partial charge is 0.119 e. The Labute approximate surface area is 222 Å². The molecule has 0 fully saturated rings. The predicted molar refractivity (Wildman–Crippen MR) is 142 cm³/mol. The molecule has 0 N–H and O–H groups in total. The van der Waals surface area contributed by atoms with Crippen molar-refractivity contribution in [2.24, 2.45) is 0 Å². The molecule has 188 valence electrons. The van der Waals surface area contributed by atoms with Crippen LogP contribution < -0.4 is 28.7 Å². The molecule has 0 spiro atoms. The molecule has 0 unspecified atom stereocenters. The van der Waals surface area contributed by atoms with Gasteiger partial charge >= 0.3 is 0 Å². The Bertz CT molecular complexity index is 720. The van der Waals surface area contributed by atoms with Crippen LogP contribution in [0, 0.1) is 0 Å². The summed E-state index contributed by atoms with van der Waals surface area (Å²) in [7, 11) is 0. The molecule has 2 aromatic carbocycles. The number of hydrogen-bond acceptors (Lipinski definition) is 1. The molecule has 3 heteroatoms. The van der Waals surface area contributed by atoms with Crippen LogP contribution in [-0.4, -0.2) is 37.3 Å². The van der Waals surface area contributed by atoms with Crippen molar-refractivity contribution in [2.45, 2.75) is 97.8 Å². The third-order valence-corrected chi connectivity index (χ3v) is 7.53. The summed E-state index contributed by atoms with van der Waals surface area (Å²) >= 11 is 0. The molecule has 0 radical (unpaired) electrons. The first-order chi connectivity index (χ1) is 15.7. The molecule has 0 bridgehead atoms.